The molecule has 2 aromatic carbocycles. The average Bonchev–Trinajstić information content (AvgIpc) is 3.40. The number of aryl methyl sites for hydroxylation is 2. The SMILES string of the molecule is Cc1cc(Cc2ccc(C(=O)NCC(=O)N3[C@H](c4cccc(F)c4)CC[C@@H]3C(C)(C)CCC(=O)O)cc2C)c(=O)[nH]n1. The van der Waals surface area contributed by atoms with Crippen molar-refractivity contribution in [3.05, 3.63) is 98.2 Å². The van der Waals surface area contributed by atoms with Crippen LogP contribution in [-0.2, 0) is 16.0 Å². The van der Waals surface area contributed by atoms with Crippen molar-refractivity contribution in [3.8, 4) is 0 Å². The van der Waals surface area contributed by atoms with Gasteiger partial charge in [0.1, 0.15) is 5.82 Å². The molecule has 222 valence electrons. The molecule has 4 rings (SSSR count). The molecule has 1 saturated heterocycles. The molecule has 0 saturated carbocycles. The minimum absolute atomic E-state index is 0.0304. The number of aliphatic carboxylic acids is 1. The zero-order valence-corrected chi connectivity index (χ0v) is 24.4. The lowest BCUT2D eigenvalue weighted by Crippen LogP contribution is -2.49. The van der Waals surface area contributed by atoms with Gasteiger partial charge in [-0.1, -0.05) is 32.0 Å². The average molecular weight is 577 g/mol. The molecule has 0 unspecified atom stereocenters. The number of nitrogens with one attached hydrogen (secondary N) is 2. The monoisotopic (exact) mass is 576 g/mol. The molecule has 0 spiro atoms. The molecule has 1 aliphatic rings. The summed E-state index contributed by atoms with van der Waals surface area (Å²) in [5.41, 5.74) is 3.27. The maximum absolute atomic E-state index is 14.1. The number of H-pyrrole nitrogens is 1. The second-order valence-corrected chi connectivity index (χ2v) is 11.7. The van der Waals surface area contributed by atoms with E-state index in [1.165, 1.54) is 12.1 Å². The Morgan fingerprint density at radius 1 is 1.10 bits per heavy atom. The molecule has 1 aromatic heterocycles. The number of carbonyl (C=O) groups excluding carboxylic acids is 2. The van der Waals surface area contributed by atoms with Gasteiger partial charge >= 0.3 is 5.97 Å². The zero-order chi connectivity index (χ0) is 30.6. The van der Waals surface area contributed by atoms with Crippen LogP contribution in [0, 0.1) is 25.1 Å². The Hall–Kier alpha value is -4.34. The lowest BCUT2D eigenvalue weighted by molar-refractivity contribution is -0.138. The number of likely N-dealkylation sites (tertiary alicyclic amines) is 1. The van der Waals surface area contributed by atoms with Crippen LogP contribution in [0.1, 0.15) is 83.9 Å². The van der Waals surface area contributed by atoms with Gasteiger partial charge < -0.3 is 15.3 Å². The van der Waals surface area contributed by atoms with Crippen LogP contribution in [0.15, 0.2) is 53.3 Å². The van der Waals surface area contributed by atoms with Gasteiger partial charge in [-0.3, -0.25) is 19.2 Å². The first-order chi connectivity index (χ1) is 19.9. The Morgan fingerprint density at radius 3 is 2.55 bits per heavy atom. The molecule has 0 bridgehead atoms. The van der Waals surface area contributed by atoms with Gasteiger partial charge in [0.15, 0.2) is 0 Å². The second kappa shape index (κ2) is 12.7. The van der Waals surface area contributed by atoms with E-state index in [-0.39, 0.29) is 36.5 Å². The number of aromatic amines is 1. The molecule has 0 aliphatic carbocycles. The molecule has 10 heteroatoms. The van der Waals surface area contributed by atoms with Gasteiger partial charge in [0.2, 0.25) is 5.91 Å². The van der Waals surface area contributed by atoms with Crippen LogP contribution < -0.4 is 10.9 Å². The third-order valence-corrected chi connectivity index (χ3v) is 8.19. The number of rotatable bonds is 10. The quantitative estimate of drug-likeness (QED) is 0.326. The molecule has 3 aromatic rings. The highest BCUT2D eigenvalue weighted by Crippen LogP contribution is 2.45. The second-order valence-electron chi connectivity index (χ2n) is 11.7. The molecule has 1 aliphatic heterocycles. The van der Waals surface area contributed by atoms with Crippen LogP contribution in [0.2, 0.25) is 0 Å². The number of carboxylic acids is 1. The van der Waals surface area contributed by atoms with E-state index in [0.29, 0.717) is 48.1 Å². The van der Waals surface area contributed by atoms with Crippen LogP contribution in [-0.4, -0.2) is 50.6 Å². The lowest BCUT2D eigenvalue weighted by Gasteiger charge is -2.40. The summed E-state index contributed by atoms with van der Waals surface area (Å²) < 4.78 is 14.1. The highest BCUT2D eigenvalue weighted by molar-refractivity contribution is 5.96. The first-order valence-corrected chi connectivity index (χ1v) is 14.1. The number of carboxylic acid groups (broad SMARTS) is 1. The summed E-state index contributed by atoms with van der Waals surface area (Å²) >= 11 is 0. The van der Waals surface area contributed by atoms with Gasteiger partial charge in [0, 0.05) is 30.0 Å². The maximum atomic E-state index is 14.1. The number of aromatic nitrogens is 2. The summed E-state index contributed by atoms with van der Waals surface area (Å²) in [5, 5.41) is 18.4. The first kappa shape index (κ1) is 30.6. The van der Waals surface area contributed by atoms with Crippen molar-refractivity contribution in [3.63, 3.8) is 0 Å². The summed E-state index contributed by atoms with van der Waals surface area (Å²) in [6.45, 7) is 7.28. The van der Waals surface area contributed by atoms with E-state index in [4.69, 9.17) is 0 Å². The molecule has 2 atom stereocenters. The normalized spacial score (nSPS) is 16.8. The number of carbonyl (C=O) groups is 3. The van der Waals surface area contributed by atoms with Crippen LogP contribution in [0.25, 0.3) is 0 Å². The lowest BCUT2D eigenvalue weighted by atomic mass is 9.79. The predicted molar refractivity (Wildman–Crippen MR) is 156 cm³/mol. The minimum atomic E-state index is -0.906. The number of benzene rings is 2. The molecule has 2 amide bonds. The molecule has 9 nitrogen and oxygen atoms in total. The number of amides is 2. The van der Waals surface area contributed by atoms with E-state index in [0.717, 1.165) is 11.1 Å². The number of nitrogens with zero attached hydrogens (tertiary/aromatic N) is 2. The maximum Gasteiger partial charge on any atom is 0.303 e. The van der Waals surface area contributed by atoms with E-state index < -0.39 is 23.1 Å². The van der Waals surface area contributed by atoms with Crippen molar-refractivity contribution < 1.29 is 23.9 Å². The molecule has 0 radical (unpaired) electrons. The third-order valence-electron chi connectivity index (χ3n) is 8.19. The van der Waals surface area contributed by atoms with Gasteiger partial charge in [0.25, 0.3) is 11.5 Å². The van der Waals surface area contributed by atoms with Gasteiger partial charge in [-0.25, -0.2) is 9.49 Å². The van der Waals surface area contributed by atoms with Gasteiger partial charge in [0.05, 0.1) is 18.3 Å². The van der Waals surface area contributed by atoms with Crippen molar-refractivity contribution in [2.45, 2.75) is 71.9 Å². The van der Waals surface area contributed by atoms with Crippen molar-refractivity contribution >= 4 is 17.8 Å². The van der Waals surface area contributed by atoms with E-state index in [2.05, 4.69) is 15.5 Å². The van der Waals surface area contributed by atoms with E-state index in [9.17, 15) is 28.7 Å². The Kier molecular flexibility index (Phi) is 9.23. The highest BCUT2D eigenvalue weighted by Gasteiger charge is 2.45. The standard InChI is InChI=1S/C32H37FN4O5/c1-19-14-23(9-8-21(19)16-24-15-20(2)35-36-31(24)42)30(41)34-18-28(38)37-26(22-6-5-7-25(33)17-22)10-11-27(37)32(3,4)13-12-29(39)40/h5-9,14-15,17,26-27H,10-13,16,18H2,1-4H3,(H,34,41)(H,36,42)(H,39,40)/t26-,27+/m0/s1. The van der Waals surface area contributed by atoms with E-state index >= 15 is 0 Å². The third kappa shape index (κ3) is 7.10. The van der Waals surface area contributed by atoms with Crippen molar-refractivity contribution in [2.24, 2.45) is 5.41 Å². The summed E-state index contributed by atoms with van der Waals surface area (Å²) in [5.74, 6) is -2.04. The largest absolute Gasteiger partial charge is 0.481 e. The Bertz CT molecular complexity index is 1550. The fourth-order valence-electron chi connectivity index (χ4n) is 5.84. The number of hydrogen-bond donors (Lipinski definition) is 3. The van der Waals surface area contributed by atoms with Crippen molar-refractivity contribution in [1.29, 1.82) is 0 Å². The van der Waals surface area contributed by atoms with Crippen molar-refractivity contribution in [1.82, 2.24) is 20.4 Å². The van der Waals surface area contributed by atoms with Crippen LogP contribution in [0.5, 0.6) is 0 Å². The minimum Gasteiger partial charge on any atom is -0.481 e. The Balaban J connectivity index is 1.50. The van der Waals surface area contributed by atoms with Gasteiger partial charge in [-0.2, -0.15) is 5.10 Å². The predicted octanol–water partition coefficient (Wildman–Crippen LogP) is 4.47. The Morgan fingerprint density at radius 2 is 1.86 bits per heavy atom. The molecule has 3 N–H and O–H groups in total. The first-order valence-electron chi connectivity index (χ1n) is 14.1. The summed E-state index contributed by atoms with van der Waals surface area (Å²) in [6.07, 6.45) is 1.96. The fourth-order valence-corrected chi connectivity index (χ4v) is 5.84. The zero-order valence-electron chi connectivity index (χ0n) is 24.4. The van der Waals surface area contributed by atoms with Crippen LogP contribution in [0.3, 0.4) is 0 Å². The summed E-state index contributed by atoms with van der Waals surface area (Å²) in [4.78, 5) is 51.9. The topological polar surface area (TPSA) is 132 Å². The number of hydrogen-bond acceptors (Lipinski definition) is 5. The van der Waals surface area contributed by atoms with Crippen molar-refractivity contribution in [2.75, 3.05) is 6.54 Å². The Labute approximate surface area is 244 Å². The van der Waals surface area contributed by atoms with Gasteiger partial charge in [-0.05, 0) is 85.5 Å². The van der Waals surface area contributed by atoms with E-state index in [1.54, 1.807) is 48.2 Å². The molecule has 1 fully saturated rings. The highest BCUT2D eigenvalue weighted by atomic mass is 19.1. The van der Waals surface area contributed by atoms with E-state index in [1.807, 2.05) is 20.8 Å². The molecular weight excluding hydrogens is 539 g/mol. The fraction of sp³-hybridized carbons (Fsp3) is 0.406. The number of halogens is 1. The van der Waals surface area contributed by atoms with Crippen LogP contribution in [0.4, 0.5) is 4.39 Å². The molecular formula is C32H37FN4O5. The van der Waals surface area contributed by atoms with Gasteiger partial charge in [-0.15, -0.1) is 0 Å². The summed E-state index contributed by atoms with van der Waals surface area (Å²) in [6, 6.07) is 12.4. The molecule has 42 heavy (non-hydrogen) atoms. The van der Waals surface area contributed by atoms with Crippen LogP contribution >= 0.6 is 0 Å². The summed E-state index contributed by atoms with van der Waals surface area (Å²) in [7, 11) is 0. The molecule has 2 heterocycles. The smallest absolute Gasteiger partial charge is 0.303 e.